The fourth-order valence-electron chi connectivity index (χ4n) is 2.68. The summed E-state index contributed by atoms with van der Waals surface area (Å²) in [6.45, 7) is 3.88. The van der Waals surface area contributed by atoms with Crippen molar-refractivity contribution in [2.75, 3.05) is 13.2 Å². The van der Waals surface area contributed by atoms with Crippen LogP contribution < -0.4 is 10.1 Å². The van der Waals surface area contributed by atoms with Crippen LogP contribution in [0.3, 0.4) is 0 Å². The monoisotopic (exact) mass is 350 g/mol. The lowest BCUT2D eigenvalue weighted by Crippen LogP contribution is -2.25. The number of halogens is 1. The number of nitrogens with zero attached hydrogens (tertiary/aromatic N) is 2. The lowest BCUT2D eigenvalue weighted by molar-refractivity contribution is 0.351. The fraction of sp³-hybridized carbons (Fsp3) is 0.467. The van der Waals surface area contributed by atoms with Crippen LogP contribution in [-0.2, 0) is 12.8 Å². The van der Waals surface area contributed by atoms with Crippen LogP contribution in [-0.4, -0.2) is 28.3 Å². The molecule has 2 N–H and O–H groups in total. The van der Waals surface area contributed by atoms with Crippen molar-refractivity contribution in [2.24, 2.45) is 0 Å². The molecule has 1 atom stereocenters. The molecule has 0 fully saturated rings. The normalized spacial score (nSPS) is 14.8. The van der Waals surface area contributed by atoms with Gasteiger partial charge in [0.05, 0.1) is 12.6 Å². The molecule has 6 heteroatoms. The highest BCUT2D eigenvalue weighted by molar-refractivity contribution is 9.10. The van der Waals surface area contributed by atoms with Gasteiger partial charge in [0.2, 0.25) is 0 Å². The van der Waals surface area contributed by atoms with Gasteiger partial charge in [0.25, 0.3) is 0 Å². The molecule has 21 heavy (non-hydrogen) atoms. The van der Waals surface area contributed by atoms with Crippen molar-refractivity contribution in [3.63, 3.8) is 0 Å². The van der Waals surface area contributed by atoms with Crippen LogP contribution in [0.2, 0.25) is 0 Å². The molecule has 1 aliphatic rings. The van der Waals surface area contributed by atoms with E-state index in [0.717, 1.165) is 48.5 Å². The van der Waals surface area contributed by atoms with E-state index in [0.29, 0.717) is 0 Å². The predicted molar refractivity (Wildman–Crippen MR) is 84.5 cm³/mol. The van der Waals surface area contributed by atoms with E-state index in [2.05, 4.69) is 55.5 Å². The van der Waals surface area contributed by atoms with Gasteiger partial charge < -0.3 is 10.1 Å². The Morgan fingerprint density at radius 3 is 3.14 bits per heavy atom. The maximum Gasteiger partial charge on any atom is 0.141 e. The first-order valence-electron chi connectivity index (χ1n) is 7.30. The molecule has 0 aliphatic carbocycles. The van der Waals surface area contributed by atoms with Crippen LogP contribution in [0.4, 0.5) is 0 Å². The van der Waals surface area contributed by atoms with E-state index in [1.54, 1.807) is 6.33 Å². The van der Waals surface area contributed by atoms with Gasteiger partial charge in [-0.15, -0.1) is 0 Å². The molecule has 2 aromatic rings. The minimum Gasteiger partial charge on any atom is -0.493 e. The van der Waals surface area contributed by atoms with Gasteiger partial charge in [0, 0.05) is 10.9 Å². The van der Waals surface area contributed by atoms with Gasteiger partial charge in [0.1, 0.15) is 17.9 Å². The number of H-pyrrole nitrogens is 1. The fourth-order valence-corrected chi connectivity index (χ4v) is 3.24. The second kappa shape index (κ2) is 6.58. The third-order valence-corrected chi connectivity index (χ3v) is 4.11. The molecule has 3 rings (SSSR count). The lowest BCUT2D eigenvalue weighted by Gasteiger charge is -2.18. The Bertz CT molecular complexity index is 600. The molecular weight excluding hydrogens is 332 g/mol. The number of hydrogen-bond acceptors (Lipinski definition) is 4. The summed E-state index contributed by atoms with van der Waals surface area (Å²) in [6.07, 6.45) is 4.45. The van der Waals surface area contributed by atoms with Crippen molar-refractivity contribution in [2.45, 2.75) is 32.2 Å². The van der Waals surface area contributed by atoms with Gasteiger partial charge in [-0.25, -0.2) is 4.98 Å². The molecule has 2 heterocycles. The Morgan fingerprint density at radius 2 is 2.38 bits per heavy atom. The largest absolute Gasteiger partial charge is 0.493 e. The molecule has 0 saturated carbocycles. The highest BCUT2D eigenvalue weighted by atomic mass is 79.9. The third-order valence-electron chi connectivity index (χ3n) is 3.65. The minimum atomic E-state index is 0.120. The molecule has 0 amide bonds. The van der Waals surface area contributed by atoms with Crippen molar-refractivity contribution >= 4 is 15.9 Å². The lowest BCUT2D eigenvalue weighted by atomic mass is 10.0. The average Bonchev–Trinajstić information content (AvgIpc) is 3.13. The number of ether oxygens (including phenoxy) is 1. The van der Waals surface area contributed by atoms with Crippen molar-refractivity contribution in [1.82, 2.24) is 20.5 Å². The molecule has 0 radical (unpaired) electrons. The Hall–Kier alpha value is -1.40. The molecule has 5 nitrogen and oxygen atoms in total. The molecule has 1 aliphatic heterocycles. The van der Waals surface area contributed by atoms with Gasteiger partial charge in [-0.2, -0.15) is 5.10 Å². The van der Waals surface area contributed by atoms with Gasteiger partial charge in [-0.05, 0) is 42.6 Å². The highest BCUT2D eigenvalue weighted by Crippen LogP contribution is 2.35. The van der Waals surface area contributed by atoms with Gasteiger partial charge in [0.15, 0.2) is 0 Å². The van der Waals surface area contributed by atoms with Gasteiger partial charge in [-0.3, -0.25) is 5.10 Å². The molecule has 0 saturated heterocycles. The number of fused-ring (bicyclic) bond motifs is 1. The summed E-state index contributed by atoms with van der Waals surface area (Å²) in [7, 11) is 0. The summed E-state index contributed by atoms with van der Waals surface area (Å²) in [5, 5.41) is 10.5. The third kappa shape index (κ3) is 3.27. The number of aromatic nitrogens is 3. The van der Waals surface area contributed by atoms with Crippen molar-refractivity contribution in [3.05, 3.63) is 39.9 Å². The Balaban J connectivity index is 1.86. The maximum absolute atomic E-state index is 5.81. The standard InChI is InChI=1S/C15H19BrN4O/c1-2-4-17-13(15-18-9-19-20-15)8-11-7-12(16)6-10-3-5-21-14(10)11/h6-7,9,13,17H,2-5,8H2,1H3,(H,18,19,20). The van der Waals surface area contributed by atoms with Gasteiger partial charge in [-0.1, -0.05) is 22.9 Å². The summed E-state index contributed by atoms with van der Waals surface area (Å²) in [5.41, 5.74) is 2.49. The number of aromatic amines is 1. The second-order valence-corrected chi connectivity index (χ2v) is 6.15. The van der Waals surface area contributed by atoms with E-state index in [1.807, 2.05) is 0 Å². The van der Waals surface area contributed by atoms with Crippen LogP contribution in [0.1, 0.15) is 36.3 Å². The quantitative estimate of drug-likeness (QED) is 0.840. The Labute approximate surface area is 132 Å². The first kappa shape index (κ1) is 14.5. The minimum absolute atomic E-state index is 0.120. The van der Waals surface area contributed by atoms with E-state index in [9.17, 15) is 0 Å². The smallest absolute Gasteiger partial charge is 0.141 e. The van der Waals surface area contributed by atoms with Crippen LogP contribution in [0.5, 0.6) is 5.75 Å². The summed E-state index contributed by atoms with van der Waals surface area (Å²) >= 11 is 3.60. The van der Waals surface area contributed by atoms with E-state index in [4.69, 9.17) is 4.74 Å². The summed E-state index contributed by atoms with van der Waals surface area (Å²) in [5.74, 6) is 1.91. The number of rotatable bonds is 6. The van der Waals surface area contributed by atoms with Crippen molar-refractivity contribution in [1.29, 1.82) is 0 Å². The molecule has 1 unspecified atom stereocenters. The van der Waals surface area contributed by atoms with Crippen LogP contribution >= 0.6 is 15.9 Å². The van der Waals surface area contributed by atoms with Crippen molar-refractivity contribution in [3.8, 4) is 5.75 Å². The Kier molecular flexibility index (Phi) is 4.55. The van der Waals surface area contributed by atoms with E-state index >= 15 is 0 Å². The second-order valence-electron chi connectivity index (χ2n) is 5.23. The summed E-state index contributed by atoms with van der Waals surface area (Å²) in [6, 6.07) is 4.41. The molecular formula is C15H19BrN4O. The SMILES string of the molecule is CCCNC(Cc1cc(Br)cc2c1OCC2)c1ncn[nH]1. The van der Waals surface area contributed by atoms with Crippen LogP contribution in [0.15, 0.2) is 22.9 Å². The number of nitrogens with one attached hydrogen (secondary N) is 2. The zero-order chi connectivity index (χ0) is 14.7. The predicted octanol–water partition coefficient (Wildman–Crippen LogP) is 2.79. The van der Waals surface area contributed by atoms with Crippen LogP contribution in [0.25, 0.3) is 0 Å². The van der Waals surface area contributed by atoms with E-state index < -0.39 is 0 Å². The highest BCUT2D eigenvalue weighted by Gasteiger charge is 2.22. The maximum atomic E-state index is 5.81. The van der Waals surface area contributed by atoms with E-state index in [-0.39, 0.29) is 6.04 Å². The van der Waals surface area contributed by atoms with Crippen LogP contribution in [0, 0.1) is 0 Å². The molecule has 1 aromatic heterocycles. The Morgan fingerprint density at radius 1 is 1.48 bits per heavy atom. The number of hydrogen-bond donors (Lipinski definition) is 2. The van der Waals surface area contributed by atoms with Gasteiger partial charge >= 0.3 is 0 Å². The molecule has 0 spiro atoms. The molecule has 1 aromatic carbocycles. The van der Waals surface area contributed by atoms with Crippen molar-refractivity contribution < 1.29 is 4.74 Å². The topological polar surface area (TPSA) is 62.8 Å². The molecule has 112 valence electrons. The molecule has 0 bridgehead atoms. The first-order valence-corrected chi connectivity index (χ1v) is 8.10. The zero-order valence-electron chi connectivity index (χ0n) is 12.0. The first-order chi connectivity index (χ1) is 10.3. The summed E-state index contributed by atoms with van der Waals surface area (Å²) in [4.78, 5) is 4.30. The average molecular weight is 351 g/mol. The number of benzene rings is 1. The summed E-state index contributed by atoms with van der Waals surface area (Å²) < 4.78 is 6.92. The van der Waals surface area contributed by atoms with E-state index in [1.165, 1.54) is 11.1 Å². The zero-order valence-corrected chi connectivity index (χ0v) is 13.6.